The zero-order valence-electron chi connectivity index (χ0n) is 17.1. The minimum atomic E-state index is -0.610. The number of esters is 1. The van der Waals surface area contributed by atoms with E-state index in [4.69, 9.17) is 39.5 Å². The van der Waals surface area contributed by atoms with Gasteiger partial charge in [-0.1, -0.05) is 62.9 Å². The summed E-state index contributed by atoms with van der Waals surface area (Å²) in [5.74, 6) is -0.895. The van der Waals surface area contributed by atoms with E-state index in [9.17, 15) is 14.4 Å². The van der Waals surface area contributed by atoms with Crippen molar-refractivity contribution in [2.45, 2.75) is 6.54 Å². The lowest BCUT2D eigenvalue weighted by Crippen LogP contribution is -2.27. The van der Waals surface area contributed by atoms with E-state index in [2.05, 4.69) is 15.9 Å². The zero-order chi connectivity index (χ0) is 24.4. The fraction of sp³-hybridized carbons (Fsp3) is 0.0417. The van der Waals surface area contributed by atoms with Crippen molar-refractivity contribution in [3.63, 3.8) is 0 Å². The number of carbonyl (C=O) groups excluding carboxylic acids is 3. The summed E-state index contributed by atoms with van der Waals surface area (Å²) in [6.45, 7) is -0.0599. The Morgan fingerprint density at radius 3 is 2.41 bits per heavy atom. The van der Waals surface area contributed by atoms with Crippen LogP contribution >= 0.6 is 62.5 Å². The van der Waals surface area contributed by atoms with Crippen molar-refractivity contribution in [1.82, 2.24) is 4.90 Å². The quantitative estimate of drug-likeness (QED) is 0.170. The van der Waals surface area contributed by atoms with Gasteiger partial charge in [0.05, 0.1) is 17.0 Å². The molecule has 3 aromatic rings. The molecule has 1 saturated heterocycles. The van der Waals surface area contributed by atoms with Crippen LogP contribution in [0.3, 0.4) is 0 Å². The number of amides is 2. The van der Waals surface area contributed by atoms with Gasteiger partial charge in [-0.05, 0) is 66.4 Å². The van der Waals surface area contributed by atoms with Crippen molar-refractivity contribution < 1.29 is 19.1 Å². The molecule has 2 amide bonds. The summed E-state index contributed by atoms with van der Waals surface area (Å²) >= 11 is 22.5. The molecule has 0 spiro atoms. The van der Waals surface area contributed by atoms with E-state index in [1.54, 1.807) is 54.6 Å². The fourth-order valence-corrected chi connectivity index (χ4v) is 5.03. The predicted molar refractivity (Wildman–Crippen MR) is 139 cm³/mol. The topological polar surface area (TPSA) is 63.7 Å². The number of carbonyl (C=O) groups is 3. The van der Waals surface area contributed by atoms with Crippen LogP contribution in [0.2, 0.25) is 15.1 Å². The standard InChI is InChI=1S/C24H13BrCl3NO4S/c25-15-7-8-20(33-23(31)13-3-1-4-16(26)10-13)14(9-15)11-21-22(30)29(24(32)34-21)12-17-18(27)5-2-6-19(17)28/h1-11H,12H2/b21-11-. The van der Waals surface area contributed by atoms with Gasteiger partial charge in [0.25, 0.3) is 11.1 Å². The van der Waals surface area contributed by atoms with Gasteiger partial charge >= 0.3 is 5.97 Å². The molecule has 0 bridgehead atoms. The lowest BCUT2D eigenvalue weighted by molar-refractivity contribution is -0.123. The van der Waals surface area contributed by atoms with Gasteiger partial charge in [0.2, 0.25) is 0 Å². The number of thioether (sulfide) groups is 1. The fourth-order valence-electron chi connectivity index (χ4n) is 3.12. The molecule has 1 fully saturated rings. The van der Waals surface area contributed by atoms with Crippen LogP contribution in [-0.2, 0) is 11.3 Å². The molecule has 0 aromatic heterocycles. The molecule has 10 heteroatoms. The van der Waals surface area contributed by atoms with Gasteiger partial charge in [0.1, 0.15) is 5.75 Å². The molecule has 0 aliphatic carbocycles. The summed E-state index contributed by atoms with van der Waals surface area (Å²) in [5, 5.41) is 0.660. The normalized spacial score (nSPS) is 14.7. The molecular formula is C24H13BrCl3NO4S. The molecule has 34 heavy (non-hydrogen) atoms. The van der Waals surface area contributed by atoms with Gasteiger partial charge < -0.3 is 4.74 Å². The largest absolute Gasteiger partial charge is 0.422 e. The Morgan fingerprint density at radius 1 is 1.00 bits per heavy atom. The Balaban J connectivity index is 1.61. The number of halogens is 4. The van der Waals surface area contributed by atoms with Gasteiger partial charge in [-0.2, -0.15) is 0 Å². The van der Waals surface area contributed by atoms with E-state index < -0.39 is 17.1 Å². The average Bonchev–Trinajstić information content (AvgIpc) is 3.05. The third-order valence-electron chi connectivity index (χ3n) is 4.77. The summed E-state index contributed by atoms with van der Waals surface area (Å²) in [4.78, 5) is 39.5. The maximum Gasteiger partial charge on any atom is 0.343 e. The molecular weight excluding hydrogens is 585 g/mol. The van der Waals surface area contributed by atoms with E-state index in [1.165, 1.54) is 12.1 Å². The van der Waals surface area contributed by atoms with Crippen LogP contribution in [0.15, 0.2) is 70.0 Å². The summed E-state index contributed by atoms with van der Waals surface area (Å²) in [5.41, 5.74) is 1.19. The molecule has 3 aromatic carbocycles. The third-order valence-corrected chi connectivity index (χ3v) is 7.12. The Labute approximate surface area is 222 Å². The summed E-state index contributed by atoms with van der Waals surface area (Å²) in [6.07, 6.45) is 1.50. The molecule has 0 N–H and O–H groups in total. The number of imide groups is 1. The smallest absolute Gasteiger partial charge is 0.343 e. The number of rotatable bonds is 5. The minimum absolute atomic E-state index is 0.0599. The van der Waals surface area contributed by atoms with Crippen LogP contribution in [0.4, 0.5) is 4.79 Å². The lowest BCUT2D eigenvalue weighted by atomic mass is 10.1. The number of nitrogens with zero attached hydrogens (tertiary/aromatic N) is 1. The monoisotopic (exact) mass is 595 g/mol. The molecule has 1 aliphatic heterocycles. The molecule has 0 saturated carbocycles. The Bertz CT molecular complexity index is 1340. The van der Waals surface area contributed by atoms with Gasteiger partial charge in [0, 0.05) is 30.7 Å². The van der Waals surface area contributed by atoms with Crippen molar-refractivity contribution in [3.8, 4) is 5.75 Å². The summed E-state index contributed by atoms with van der Waals surface area (Å²) < 4.78 is 6.25. The first kappa shape index (κ1) is 24.8. The van der Waals surface area contributed by atoms with Crippen molar-refractivity contribution in [2.24, 2.45) is 0 Å². The Morgan fingerprint density at radius 2 is 1.71 bits per heavy atom. The molecule has 4 rings (SSSR count). The number of benzene rings is 3. The van der Waals surface area contributed by atoms with Crippen LogP contribution in [0, 0.1) is 0 Å². The number of hydrogen-bond donors (Lipinski definition) is 0. The van der Waals surface area contributed by atoms with Crippen molar-refractivity contribution in [1.29, 1.82) is 0 Å². The first-order valence-corrected chi connectivity index (χ1v) is 12.4. The third kappa shape index (κ3) is 5.50. The zero-order valence-corrected chi connectivity index (χ0v) is 21.7. The highest BCUT2D eigenvalue weighted by Crippen LogP contribution is 2.37. The second kappa shape index (κ2) is 10.5. The maximum atomic E-state index is 13.0. The van der Waals surface area contributed by atoms with Crippen LogP contribution in [0.25, 0.3) is 6.08 Å². The van der Waals surface area contributed by atoms with Gasteiger partial charge in [-0.3, -0.25) is 14.5 Å². The SMILES string of the molecule is O=C(Oc1ccc(Br)cc1/C=C1\SC(=O)N(Cc2c(Cl)cccc2Cl)C1=O)c1cccc(Cl)c1. The Kier molecular flexibility index (Phi) is 7.70. The molecule has 5 nitrogen and oxygen atoms in total. The summed E-state index contributed by atoms with van der Waals surface area (Å²) in [6, 6.07) is 16.3. The maximum absolute atomic E-state index is 13.0. The molecule has 1 aliphatic rings. The van der Waals surface area contributed by atoms with Crippen LogP contribution in [0.1, 0.15) is 21.5 Å². The van der Waals surface area contributed by atoms with E-state index in [1.807, 2.05) is 0 Å². The van der Waals surface area contributed by atoms with Crippen LogP contribution in [-0.4, -0.2) is 22.0 Å². The van der Waals surface area contributed by atoms with Gasteiger partial charge in [-0.15, -0.1) is 0 Å². The summed E-state index contributed by atoms with van der Waals surface area (Å²) in [7, 11) is 0. The van der Waals surface area contributed by atoms with E-state index >= 15 is 0 Å². The highest BCUT2D eigenvalue weighted by molar-refractivity contribution is 9.10. The van der Waals surface area contributed by atoms with Crippen molar-refractivity contribution >= 4 is 85.7 Å². The first-order valence-electron chi connectivity index (χ1n) is 9.68. The van der Waals surface area contributed by atoms with Gasteiger partial charge in [-0.25, -0.2) is 4.79 Å². The molecule has 0 atom stereocenters. The molecule has 0 radical (unpaired) electrons. The second-order valence-corrected chi connectivity index (χ2v) is 10.2. The predicted octanol–water partition coefficient (Wildman–Crippen LogP) is 7.87. The van der Waals surface area contributed by atoms with Crippen LogP contribution < -0.4 is 4.74 Å². The van der Waals surface area contributed by atoms with E-state index in [-0.39, 0.29) is 22.8 Å². The van der Waals surface area contributed by atoms with Gasteiger partial charge in [0.15, 0.2) is 0 Å². The van der Waals surface area contributed by atoms with Crippen molar-refractivity contribution in [3.05, 3.63) is 102 Å². The number of ether oxygens (including phenoxy) is 1. The van der Waals surface area contributed by atoms with Crippen LogP contribution in [0.5, 0.6) is 5.75 Å². The first-order chi connectivity index (χ1) is 16.2. The van der Waals surface area contributed by atoms with E-state index in [0.717, 1.165) is 16.7 Å². The Hall–Kier alpha value is -2.29. The minimum Gasteiger partial charge on any atom is -0.422 e. The highest BCUT2D eigenvalue weighted by atomic mass is 79.9. The highest BCUT2D eigenvalue weighted by Gasteiger charge is 2.36. The van der Waals surface area contributed by atoms with Crippen molar-refractivity contribution in [2.75, 3.05) is 0 Å². The average molecular weight is 598 g/mol. The lowest BCUT2D eigenvalue weighted by Gasteiger charge is -2.14. The second-order valence-electron chi connectivity index (χ2n) is 7.05. The molecule has 1 heterocycles. The molecule has 172 valence electrons. The van der Waals surface area contributed by atoms with E-state index in [0.29, 0.717) is 30.7 Å². The molecule has 0 unspecified atom stereocenters. The number of hydrogen-bond acceptors (Lipinski definition) is 5.